The number of hydrogen-bond acceptors (Lipinski definition) is 3. The lowest BCUT2D eigenvalue weighted by Gasteiger charge is -2.33. The van der Waals surface area contributed by atoms with Gasteiger partial charge in [0, 0.05) is 31.7 Å². The average Bonchev–Trinajstić information content (AvgIpc) is 2.36. The van der Waals surface area contributed by atoms with Crippen molar-refractivity contribution in [3.05, 3.63) is 29.3 Å². The molecule has 1 saturated heterocycles. The number of methoxy groups -OCH3 is 1. The molecule has 1 heterocycles. The van der Waals surface area contributed by atoms with Crippen molar-refractivity contribution in [2.24, 2.45) is 0 Å². The third-order valence-corrected chi connectivity index (χ3v) is 3.42. The van der Waals surface area contributed by atoms with Crippen LogP contribution in [0.2, 0.25) is 0 Å². The first-order valence-corrected chi connectivity index (χ1v) is 6.04. The van der Waals surface area contributed by atoms with Gasteiger partial charge in [0.05, 0.1) is 7.11 Å². The van der Waals surface area contributed by atoms with Crippen LogP contribution in [0.3, 0.4) is 0 Å². The van der Waals surface area contributed by atoms with Crippen LogP contribution in [-0.4, -0.2) is 44.7 Å². The Kier molecular flexibility index (Phi) is 4.14. The van der Waals surface area contributed by atoms with Gasteiger partial charge >= 0.3 is 0 Å². The summed E-state index contributed by atoms with van der Waals surface area (Å²) in [5, 5.41) is 3.26. The predicted octanol–water partition coefficient (Wildman–Crippen LogP) is 1.42. The standard InChI is InChI=1S/C13H18F2N2O/c1-17-4-3-16-8-10(17)5-9-6-12(15)13(18-2)7-11(9)14/h6-7,10,16H,3-5,8H2,1-2H3. The van der Waals surface area contributed by atoms with E-state index in [4.69, 9.17) is 4.74 Å². The summed E-state index contributed by atoms with van der Waals surface area (Å²) >= 11 is 0. The van der Waals surface area contributed by atoms with Gasteiger partial charge in [-0.15, -0.1) is 0 Å². The van der Waals surface area contributed by atoms with Crippen molar-refractivity contribution >= 4 is 0 Å². The topological polar surface area (TPSA) is 24.5 Å². The molecule has 1 fully saturated rings. The number of hydrogen-bond donors (Lipinski definition) is 1. The molecule has 1 atom stereocenters. The number of piperazine rings is 1. The molecule has 0 bridgehead atoms. The summed E-state index contributed by atoms with van der Waals surface area (Å²) in [5.74, 6) is -0.973. The number of nitrogens with zero attached hydrogens (tertiary/aromatic N) is 1. The van der Waals surface area contributed by atoms with Crippen LogP contribution in [0.15, 0.2) is 12.1 Å². The zero-order valence-corrected chi connectivity index (χ0v) is 10.7. The third kappa shape index (κ3) is 2.79. The Hall–Kier alpha value is -1.20. The molecule has 1 aliphatic rings. The molecule has 0 aliphatic carbocycles. The van der Waals surface area contributed by atoms with E-state index in [2.05, 4.69) is 10.2 Å². The Labute approximate surface area is 106 Å². The molecule has 1 unspecified atom stereocenters. The predicted molar refractivity (Wildman–Crippen MR) is 65.9 cm³/mol. The second-order valence-corrected chi connectivity index (χ2v) is 4.62. The van der Waals surface area contributed by atoms with Gasteiger partial charge in [0.2, 0.25) is 0 Å². The molecule has 0 radical (unpaired) electrons. The van der Waals surface area contributed by atoms with Crippen molar-refractivity contribution in [1.82, 2.24) is 10.2 Å². The number of ether oxygens (including phenoxy) is 1. The largest absolute Gasteiger partial charge is 0.494 e. The van der Waals surface area contributed by atoms with Crippen molar-refractivity contribution < 1.29 is 13.5 Å². The minimum Gasteiger partial charge on any atom is -0.494 e. The van der Waals surface area contributed by atoms with Gasteiger partial charge < -0.3 is 15.0 Å². The summed E-state index contributed by atoms with van der Waals surface area (Å²) in [6, 6.07) is 2.54. The Balaban J connectivity index is 2.15. The van der Waals surface area contributed by atoms with Crippen LogP contribution in [0.1, 0.15) is 5.56 Å². The fraction of sp³-hybridized carbons (Fsp3) is 0.538. The minimum atomic E-state index is -0.514. The Morgan fingerprint density at radius 2 is 2.17 bits per heavy atom. The summed E-state index contributed by atoms with van der Waals surface area (Å²) in [5.41, 5.74) is 0.397. The molecular formula is C13H18F2N2O. The smallest absolute Gasteiger partial charge is 0.165 e. The van der Waals surface area contributed by atoms with E-state index in [1.54, 1.807) is 0 Å². The molecule has 100 valence electrons. The summed E-state index contributed by atoms with van der Waals surface area (Å²) in [7, 11) is 3.33. The van der Waals surface area contributed by atoms with Crippen LogP contribution in [0.4, 0.5) is 8.78 Å². The highest BCUT2D eigenvalue weighted by molar-refractivity contribution is 5.31. The van der Waals surface area contributed by atoms with E-state index in [-0.39, 0.29) is 11.8 Å². The maximum Gasteiger partial charge on any atom is 0.165 e. The van der Waals surface area contributed by atoms with E-state index < -0.39 is 11.6 Å². The first-order chi connectivity index (χ1) is 8.61. The molecular weight excluding hydrogens is 238 g/mol. The van der Waals surface area contributed by atoms with Gasteiger partial charge in [0.25, 0.3) is 0 Å². The molecule has 0 amide bonds. The summed E-state index contributed by atoms with van der Waals surface area (Å²) in [6.45, 7) is 2.65. The van der Waals surface area contributed by atoms with Gasteiger partial charge in [-0.3, -0.25) is 0 Å². The van der Waals surface area contributed by atoms with Crippen molar-refractivity contribution in [3.63, 3.8) is 0 Å². The number of likely N-dealkylation sites (N-methyl/N-ethyl adjacent to an activating group) is 1. The van der Waals surface area contributed by atoms with E-state index in [0.29, 0.717) is 12.0 Å². The Morgan fingerprint density at radius 1 is 1.39 bits per heavy atom. The maximum atomic E-state index is 13.8. The summed E-state index contributed by atoms with van der Waals surface area (Å²) in [4.78, 5) is 2.16. The zero-order valence-electron chi connectivity index (χ0n) is 10.7. The molecule has 0 aromatic heterocycles. The second kappa shape index (κ2) is 5.63. The molecule has 1 N–H and O–H groups in total. The molecule has 1 aliphatic heterocycles. The van der Waals surface area contributed by atoms with E-state index in [9.17, 15) is 8.78 Å². The van der Waals surface area contributed by atoms with Crippen molar-refractivity contribution in [3.8, 4) is 5.75 Å². The highest BCUT2D eigenvalue weighted by Crippen LogP contribution is 2.23. The Bertz CT molecular complexity index is 426. The van der Waals surface area contributed by atoms with Gasteiger partial charge in [-0.05, 0) is 25.1 Å². The van der Waals surface area contributed by atoms with Gasteiger partial charge in [0.1, 0.15) is 5.82 Å². The SMILES string of the molecule is COc1cc(F)c(CC2CNCCN2C)cc1F. The van der Waals surface area contributed by atoms with Crippen LogP contribution < -0.4 is 10.1 Å². The maximum absolute atomic E-state index is 13.8. The molecule has 5 heteroatoms. The highest BCUT2D eigenvalue weighted by atomic mass is 19.1. The van der Waals surface area contributed by atoms with Crippen molar-refractivity contribution in [2.45, 2.75) is 12.5 Å². The molecule has 18 heavy (non-hydrogen) atoms. The van der Waals surface area contributed by atoms with Crippen molar-refractivity contribution in [1.29, 1.82) is 0 Å². The lowest BCUT2D eigenvalue weighted by atomic mass is 10.0. The fourth-order valence-corrected chi connectivity index (χ4v) is 2.23. The lowest BCUT2D eigenvalue weighted by molar-refractivity contribution is 0.198. The fourth-order valence-electron chi connectivity index (χ4n) is 2.23. The highest BCUT2D eigenvalue weighted by Gasteiger charge is 2.21. The monoisotopic (exact) mass is 256 g/mol. The number of halogens is 2. The van der Waals surface area contributed by atoms with Gasteiger partial charge in [-0.2, -0.15) is 0 Å². The number of nitrogens with one attached hydrogen (secondary N) is 1. The van der Waals surface area contributed by atoms with Gasteiger partial charge in [-0.25, -0.2) is 8.78 Å². The first kappa shape index (κ1) is 13.2. The average molecular weight is 256 g/mol. The molecule has 0 saturated carbocycles. The molecule has 0 spiro atoms. The van der Waals surface area contributed by atoms with E-state index in [0.717, 1.165) is 25.7 Å². The minimum absolute atomic E-state index is 0.0497. The van der Waals surface area contributed by atoms with Crippen LogP contribution in [0.5, 0.6) is 5.75 Å². The quantitative estimate of drug-likeness (QED) is 0.885. The van der Waals surface area contributed by atoms with Crippen LogP contribution in [0, 0.1) is 11.6 Å². The summed E-state index contributed by atoms with van der Waals surface area (Å²) in [6.07, 6.45) is 0.496. The third-order valence-electron chi connectivity index (χ3n) is 3.42. The van der Waals surface area contributed by atoms with Crippen LogP contribution in [0.25, 0.3) is 0 Å². The van der Waals surface area contributed by atoms with Crippen LogP contribution >= 0.6 is 0 Å². The molecule has 3 nitrogen and oxygen atoms in total. The first-order valence-electron chi connectivity index (χ1n) is 6.04. The van der Waals surface area contributed by atoms with E-state index in [1.807, 2.05) is 7.05 Å². The van der Waals surface area contributed by atoms with Crippen molar-refractivity contribution in [2.75, 3.05) is 33.8 Å². The normalized spacial score (nSPS) is 21.0. The molecule has 2 rings (SSSR count). The van der Waals surface area contributed by atoms with Gasteiger partial charge in [0.15, 0.2) is 11.6 Å². The molecule has 1 aromatic carbocycles. The molecule has 1 aromatic rings. The van der Waals surface area contributed by atoms with Gasteiger partial charge in [-0.1, -0.05) is 0 Å². The van der Waals surface area contributed by atoms with E-state index in [1.165, 1.54) is 13.2 Å². The van der Waals surface area contributed by atoms with Crippen LogP contribution in [-0.2, 0) is 6.42 Å². The second-order valence-electron chi connectivity index (χ2n) is 4.62. The lowest BCUT2D eigenvalue weighted by Crippen LogP contribution is -2.50. The zero-order chi connectivity index (χ0) is 13.1. The summed E-state index contributed by atoms with van der Waals surface area (Å²) < 4.78 is 32.1. The number of rotatable bonds is 3. The Morgan fingerprint density at radius 3 is 2.83 bits per heavy atom. The number of benzene rings is 1. The van der Waals surface area contributed by atoms with E-state index >= 15 is 0 Å².